The van der Waals surface area contributed by atoms with Crippen LogP contribution in [0.1, 0.15) is 103 Å². The molecule has 200 valence electrons. The number of hydrogen-bond donors (Lipinski definition) is 1. The van der Waals surface area contributed by atoms with Crippen molar-refractivity contribution in [2.24, 2.45) is 5.41 Å². The van der Waals surface area contributed by atoms with Crippen LogP contribution in [0.25, 0.3) is 0 Å². The highest BCUT2D eigenvalue weighted by Crippen LogP contribution is 2.61. The normalized spacial score (nSPS) is 30.5. The number of aliphatic hydroxyl groups excluding tert-OH is 1. The fourth-order valence-electron chi connectivity index (χ4n) is 6.92. The third-order valence-electron chi connectivity index (χ3n) is 8.86. The van der Waals surface area contributed by atoms with Gasteiger partial charge in [0.15, 0.2) is 0 Å². The standard InChI is InChI=1S/C28H30F4INO3/c1-14(2)24-22-23(21-18(34-24)11-26(6-3-7-26)12-19(21)35)27(8-9-36-13-20(27)33)37-25(22)16-5-4-15(10-17(16)29)28(30,31)32/h4-5,10,14,19-20,25,35H,3,6-9,11-13H2,1-2H3/t19-,20?,25+,27?/m0/s1. The van der Waals surface area contributed by atoms with E-state index in [4.69, 9.17) is 14.5 Å². The van der Waals surface area contributed by atoms with Gasteiger partial charge >= 0.3 is 6.18 Å². The van der Waals surface area contributed by atoms with E-state index in [1.807, 2.05) is 13.8 Å². The van der Waals surface area contributed by atoms with Gasteiger partial charge in [-0.05, 0) is 49.1 Å². The SMILES string of the molecule is CC(C)c1nc2c(c3c1[C@@H](c1ccc(C(F)(F)F)cc1F)OC31CCOCC1I)[C@@H](O)CC1(CCC1)C2. The van der Waals surface area contributed by atoms with Gasteiger partial charge in [-0.1, -0.05) is 48.9 Å². The smallest absolute Gasteiger partial charge is 0.388 e. The second kappa shape index (κ2) is 8.86. The van der Waals surface area contributed by atoms with Crippen molar-refractivity contribution in [3.8, 4) is 0 Å². The lowest BCUT2D eigenvalue weighted by Crippen LogP contribution is -2.46. The van der Waals surface area contributed by atoms with Crippen LogP contribution in [0.2, 0.25) is 0 Å². The third kappa shape index (κ3) is 3.97. The minimum Gasteiger partial charge on any atom is -0.388 e. The number of aliphatic hydroxyl groups is 1. The third-order valence-corrected chi connectivity index (χ3v) is 10.2. The number of benzene rings is 1. The summed E-state index contributed by atoms with van der Waals surface area (Å²) in [6.45, 7) is 4.90. The summed E-state index contributed by atoms with van der Waals surface area (Å²) in [5.41, 5.74) is 2.28. The Balaban J connectivity index is 1.60. The lowest BCUT2D eigenvalue weighted by atomic mass is 9.58. The van der Waals surface area contributed by atoms with Crippen molar-refractivity contribution in [1.82, 2.24) is 4.98 Å². The monoisotopic (exact) mass is 631 g/mol. The molecule has 0 bridgehead atoms. The minimum absolute atomic E-state index is 0.0262. The molecule has 1 N–H and O–H groups in total. The fraction of sp³-hybridized carbons (Fsp3) is 0.607. The van der Waals surface area contributed by atoms with E-state index in [2.05, 4.69) is 22.6 Å². The molecule has 4 aliphatic rings. The van der Waals surface area contributed by atoms with Crippen LogP contribution >= 0.6 is 22.6 Å². The number of nitrogens with zero attached hydrogens (tertiary/aromatic N) is 1. The molecule has 2 unspecified atom stereocenters. The van der Waals surface area contributed by atoms with E-state index in [-0.39, 0.29) is 20.8 Å². The molecule has 9 heteroatoms. The van der Waals surface area contributed by atoms with E-state index in [1.54, 1.807) is 0 Å². The summed E-state index contributed by atoms with van der Waals surface area (Å²) in [4.78, 5) is 5.10. The molecule has 6 rings (SSSR count). The number of ether oxygens (including phenoxy) is 2. The number of hydrogen-bond acceptors (Lipinski definition) is 4. The number of aromatic nitrogens is 1. The van der Waals surface area contributed by atoms with Gasteiger partial charge in [0.25, 0.3) is 0 Å². The van der Waals surface area contributed by atoms with Crippen molar-refractivity contribution in [1.29, 1.82) is 0 Å². The molecule has 2 aliphatic carbocycles. The number of pyridine rings is 1. The van der Waals surface area contributed by atoms with Crippen LogP contribution in [0.5, 0.6) is 0 Å². The second-order valence-electron chi connectivity index (χ2n) is 11.5. The minimum atomic E-state index is -4.64. The Morgan fingerprint density at radius 3 is 2.51 bits per heavy atom. The van der Waals surface area contributed by atoms with E-state index >= 15 is 4.39 Å². The van der Waals surface area contributed by atoms with Gasteiger partial charge in [-0.25, -0.2) is 4.39 Å². The van der Waals surface area contributed by atoms with Crippen LogP contribution < -0.4 is 0 Å². The molecule has 2 spiro atoms. The molecule has 4 atom stereocenters. The quantitative estimate of drug-likeness (QED) is 0.219. The van der Waals surface area contributed by atoms with Crippen molar-refractivity contribution in [3.05, 3.63) is 63.2 Å². The van der Waals surface area contributed by atoms with E-state index in [0.29, 0.717) is 37.7 Å². The highest BCUT2D eigenvalue weighted by molar-refractivity contribution is 14.1. The Morgan fingerprint density at radius 1 is 1.16 bits per heavy atom. The van der Waals surface area contributed by atoms with Crippen LogP contribution in [-0.2, 0) is 27.7 Å². The van der Waals surface area contributed by atoms with Gasteiger partial charge in [0.2, 0.25) is 0 Å². The van der Waals surface area contributed by atoms with E-state index < -0.39 is 35.4 Å². The molecular formula is C28H30F4INO3. The zero-order chi connectivity index (χ0) is 26.3. The molecule has 4 nitrogen and oxygen atoms in total. The zero-order valence-electron chi connectivity index (χ0n) is 20.8. The van der Waals surface area contributed by atoms with Gasteiger partial charge in [0.05, 0.1) is 22.2 Å². The first kappa shape index (κ1) is 26.0. The summed E-state index contributed by atoms with van der Waals surface area (Å²) in [7, 11) is 0. The molecule has 1 aromatic carbocycles. The second-order valence-corrected chi connectivity index (χ2v) is 13.0. The summed E-state index contributed by atoms with van der Waals surface area (Å²) in [5.74, 6) is -0.983. The maximum atomic E-state index is 15.4. The first-order valence-corrected chi connectivity index (χ1v) is 14.2. The highest BCUT2D eigenvalue weighted by Gasteiger charge is 2.57. The van der Waals surface area contributed by atoms with Crippen molar-refractivity contribution < 1.29 is 32.1 Å². The van der Waals surface area contributed by atoms with E-state index in [9.17, 15) is 18.3 Å². The highest BCUT2D eigenvalue weighted by atomic mass is 127. The maximum Gasteiger partial charge on any atom is 0.416 e. The maximum absolute atomic E-state index is 15.4. The molecule has 0 amide bonds. The van der Waals surface area contributed by atoms with E-state index in [1.165, 1.54) is 6.07 Å². The molecule has 1 saturated carbocycles. The summed E-state index contributed by atoms with van der Waals surface area (Å²) >= 11 is 2.30. The van der Waals surface area contributed by atoms with Crippen molar-refractivity contribution >= 4 is 22.6 Å². The summed E-state index contributed by atoms with van der Waals surface area (Å²) < 4.78 is 67.7. The Kier molecular flexibility index (Phi) is 6.21. The fourth-order valence-corrected chi connectivity index (χ4v) is 7.94. The Labute approximate surface area is 227 Å². The van der Waals surface area contributed by atoms with Crippen LogP contribution in [0.15, 0.2) is 18.2 Å². The number of rotatable bonds is 2. The topological polar surface area (TPSA) is 51.6 Å². The lowest BCUT2D eigenvalue weighted by Gasteiger charge is -2.48. The molecule has 3 heterocycles. The summed E-state index contributed by atoms with van der Waals surface area (Å²) in [6.07, 6.45) is -1.01. The Hall–Kier alpha value is -1.30. The van der Waals surface area contributed by atoms with Crippen molar-refractivity contribution in [2.75, 3.05) is 13.2 Å². The molecular weight excluding hydrogens is 601 g/mol. The zero-order valence-corrected chi connectivity index (χ0v) is 23.0. The predicted molar refractivity (Wildman–Crippen MR) is 137 cm³/mol. The predicted octanol–water partition coefficient (Wildman–Crippen LogP) is 7.05. The largest absolute Gasteiger partial charge is 0.416 e. The van der Waals surface area contributed by atoms with Gasteiger partial charge in [-0.2, -0.15) is 13.2 Å². The van der Waals surface area contributed by atoms with Crippen LogP contribution in [0.3, 0.4) is 0 Å². The molecule has 1 aromatic heterocycles. The first-order valence-electron chi connectivity index (χ1n) is 13.0. The van der Waals surface area contributed by atoms with Gasteiger partial charge < -0.3 is 14.6 Å². The van der Waals surface area contributed by atoms with Crippen LogP contribution in [0.4, 0.5) is 17.6 Å². The molecule has 0 radical (unpaired) electrons. The van der Waals surface area contributed by atoms with Crippen molar-refractivity contribution in [2.45, 2.75) is 86.2 Å². The summed E-state index contributed by atoms with van der Waals surface area (Å²) in [5, 5.41) is 11.6. The first-order chi connectivity index (χ1) is 17.5. The Bertz CT molecular complexity index is 1240. The average molecular weight is 631 g/mol. The lowest BCUT2D eigenvalue weighted by molar-refractivity contribution is -0.138. The number of fused-ring (bicyclic) bond motifs is 4. The number of halogens is 5. The van der Waals surface area contributed by atoms with Crippen LogP contribution in [0, 0.1) is 11.2 Å². The molecule has 2 fully saturated rings. The van der Waals surface area contributed by atoms with Gasteiger partial charge in [-0.15, -0.1) is 0 Å². The van der Waals surface area contributed by atoms with Crippen molar-refractivity contribution in [3.63, 3.8) is 0 Å². The molecule has 1 saturated heterocycles. The van der Waals surface area contributed by atoms with E-state index in [0.717, 1.165) is 54.3 Å². The van der Waals surface area contributed by atoms with Gasteiger partial charge in [-0.3, -0.25) is 4.98 Å². The van der Waals surface area contributed by atoms with Gasteiger partial charge in [0, 0.05) is 46.7 Å². The van der Waals surface area contributed by atoms with Crippen LogP contribution in [-0.4, -0.2) is 27.2 Å². The average Bonchev–Trinajstić information content (AvgIpc) is 3.14. The molecule has 2 aliphatic heterocycles. The number of alkyl halides is 4. The molecule has 2 aromatic rings. The molecule has 37 heavy (non-hydrogen) atoms. The van der Waals surface area contributed by atoms with Gasteiger partial charge in [0.1, 0.15) is 17.5 Å². The summed E-state index contributed by atoms with van der Waals surface area (Å²) in [6, 6.07) is 2.65. The Morgan fingerprint density at radius 2 is 1.92 bits per heavy atom.